The van der Waals surface area contributed by atoms with E-state index in [1.54, 1.807) is 0 Å². The third-order valence-corrected chi connectivity index (χ3v) is 3.10. The molecule has 1 atom stereocenters. The van der Waals surface area contributed by atoms with E-state index in [4.69, 9.17) is 0 Å². The van der Waals surface area contributed by atoms with Gasteiger partial charge in [-0.05, 0) is 40.8 Å². The van der Waals surface area contributed by atoms with Crippen molar-refractivity contribution in [3.05, 3.63) is 0 Å². The zero-order valence-corrected chi connectivity index (χ0v) is 12.3. The Morgan fingerprint density at radius 2 is 2.05 bits per heavy atom. The number of nitrogens with one attached hydrogen (secondary N) is 1. The molecule has 2 heterocycles. The van der Waals surface area contributed by atoms with Gasteiger partial charge in [0.1, 0.15) is 5.60 Å². The molecular weight excluding hydrogens is 246 g/mol. The maximum Gasteiger partial charge on any atom is 0.317 e. The number of carbonyl (C=O) groups is 2. The van der Waals surface area contributed by atoms with E-state index < -0.39 is 0 Å². The van der Waals surface area contributed by atoms with Crippen molar-refractivity contribution >= 4 is 12.5 Å². The second-order valence-corrected chi connectivity index (χ2v) is 5.96. The highest BCUT2D eigenvalue weighted by Crippen LogP contribution is 2.15. The SMILES string of the molecule is CC(C)(C)OC=O.CN1CCC(N2CCNC2=O)C1. The van der Waals surface area contributed by atoms with Crippen LogP contribution >= 0.6 is 0 Å². The summed E-state index contributed by atoms with van der Waals surface area (Å²) in [6.07, 6.45) is 1.13. The van der Waals surface area contributed by atoms with Gasteiger partial charge in [0.15, 0.2) is 0 Å². The number of ether oxygens (including phenoxy) is 1. The highest BCUT2D eigenvalue weighted by atomic mass is 16.5. The Morgan fingerprint density at radius 3 is 2.37 bits per heavy atom. The number of carbonyl (C=O) groups excluding carboxylic acids is 2. The van der Waals surface area contributed by atoms with Crippen LogP contribution in [0.5, 0.6) is 0 Å². The lowest BCUT2D eigenvalue weighted by Gasteiger charge is -2.21. The van der Waals surface area contributed by atoms with Crippen molar-refractivity contribution in [3.63, 3.8) is 0 Å². The monoisotopic (exact) mass is 271 g/mol. The number of hydrogen-bond acceptors (Lipinski definition) is 4. The maximum absolute atomic E-state index is 11.3. The van der Waals surface area contributed by atoms with Crippen LogP contribution in [0.1, 0.15) is 27.2 Å². The van der Waals surface area contributed by atoms with Crippen molar-refractivity contribution in [2.75, 3.05) is 33.2 Å². The molecule has 0 saturated carbocycles. The second kappa shape index (κ2) is 6.75. The zero-order valence-electron chi connectivity index (χ0n) is 12.3. The van der Waals surface area contributed by atoms with Gasteiger partial charge in [-0.25, -0.2) is 4.79 Å². The maximum atomic E-state index is 11.3. The summed E-state index contributed by atoms with van der Waals surface area (Å²) in [6, 6.07) is 0.577. The molecule has 0 aromatic rings. The fourth-order valence-corrected chi connectivity index (χ4v) is 2.15. The van der Waals surface area contributed by atoms with E-state index in [9.17, 15) is 9.59 Å². The van der Waals surface area contributed by atoms with Crippen LogP contribution in [0.4, 0.5) is 4.79 Å². The smallest absolute Gasteiger partial charge is 0.317 e. The summed E-state index contributed by atoms with van der Waals surface area (Å²) < 4.78 is 4.55. The van der Waals surface area contributed by atoms with Crippen LogP contribution in [0, 0.1) is 0 Å². The average Bonchev–Trinajstić information content (AvgIpc) is 2.86. The zero-order chi connectivity index (χ0) is 14.5. The molecule has 0 aliphatic carbocycles. The van der Waals surface area contributed by atoms with E-state index in [-0.39, 0.29) is 11.6 Å². The fraction of sp³-hybridized carbons (Fsp3) is 0.846. The molecule has 2 rings (SSSR count). The van der Waals surface area contributed by atoms with Crippen molar-refractivity contribution in [2.45, 2.75) is 38.8 Å². The molecule has 0 aromatic carbocycles. The van der Waals surface area contributed by atoms with Crippen LogP contribution in [-0.4, -0.2) is 67.2 Å². The first-order valence-electron chi connectivity index (χ1n) is 6.68. The van der Waals surface area contributed by atoms with Gasteiger partial charge in [0.2, 0.25) is 0 Å². The summed E-state index contributed by atoms with van der Waals surface area (Å²) in [5.74, 6) is 0. The van der Waals surface area contributed by atoms with Gasteiger partial charge in [-0.3, -0.25) is 4.79 Å². The van der Waals surface area contributed by atoms with Crippen LogP contribution in [0.2, 0.25) is 0 Å². The van der Waals surface area contributed by atoms with E-state index >= 15 is 0 Å². The van der Waals surface area contributed by atoms with Crippen molar-refractivity contribution in [3.8, 4) is 0 Å². The number of rotatable bonds is 2. The Labute approximate surface area is 115 Å². The molecule has 0 aromatic heterocycles. The number of urea groups is 1. The standard InChI is InChI=1S/C8H15N3O.C5H10O2/c1-10-4-2-7(6-10)11-5-3-9-8(11)12;1-5(2,3)7-4-6/h7H,2-6H2,1H3,(H,9,12);4H,1-3H3. The van der Waals surface area contributed by atoms with Crippen molar-refractivity contribution in [1.29, 1.82) is 0 Å². The lowest BCUT2D eigenvalue weighted by atomic mass is 10.2. The molecule has 2 saturated heterocycles. The van der Waals surface area contributed by atoms with Crippen LogP contribution < -0.4 is 5.32 Å². The van der Waals surface area contributed by atoms with Crippen molar-refractivity contribution < 1.29 is 14.3 Å². The molecule has 0 bridgehead atoms. The first-order valence-corrected chi connectivity index (χ1v) is 6.68. The topological polar surface area (TPSA) is 61.9 Å². The van der Waals surface area contributed by atoms with Gasteiger partial charge in [0.25, 0.3) is 6.47 Å². The summed E-state index contributed by atoms with van der Waals surface area (Å²) in [4.78, 5) is 25.1. The normalized spacial score (nSPS) is 23.7. The summed E-state index contributed by atoms with van der Waals surface area (Å²) in [5, 5.41) is 2.83. The summed E-state index contributed by atoms with van der Waals surface area (Å²) >= 11 is 0. The Morgan fingerprint density at radius 1 is 1.37 bits per heavy atom. The molecule has 19 heavy (non-hydrogen) atoms. The van der Waals surface area contributed by atoms with Crippen LogP contribution in [0.3, 0.4) is 0 Å². The summed E-state index contributed by atoms with van der Waals surface area (Å²) in [6.45, 7) is 9.78. The molecule has 2 fully saturated rings. The van der Waals surface area contributed by atoms with Crippen molar-refractivity contribution in [2.24, 2.45) is 0 Å². The van der Waals surface area contributed by atoms with Gasteiger partial charge in [-0.15, -0.1) is 0 Å². The largest absolute Gasteiger partial charge is 0.462 e. The minimum Gasteiger partial charge on any atom is -0.462 e. The number of hydrogen-bond donors (Lipinski definition) is 1. The Hall–Kier alpha value is -1.30. The van der Waals surface area contributed by atoms with E-state index in [2.05, 4.69) is 22.0 Å². The van der Waals surface area contributed by atoms with Gasteiger partial charge in [-0.1, -0.05) is 0 Å². The number of likely N-dealkylation sites (N-methyl/N-ethyl adjacent to an activating group) is 1. The van der Waals surface area contributed by atoms with Gasteiger partial charge >= 0.3 is 6.03 Å². The Balaban J connectivity index is 0.000000224. The number of nitrogens with zero attached hydrogens (tertiary/aromatic N) is 2. The predicted molar refractivity (Wildman–Crippen MR) is 72.9 cm³/mol. The second-order valence-electron chi connectivity index (χ2n) is 5.96. The predicted octanol–water partition coefficient (Wildman–Crippen LogP) is 0.674. The van der Waals surface area contributed by atoms with Gasteiger partial charge in [0, 0.05) is 25.7 Å². The van der Waals surface area contributed by atoms with Gasteiger partial charge in [0.05, 0.1) is 0 Å². The minimum atomic E-state index is -0.318. The van der Waals surface area contributed by atoms with Crippen LogP contribution in [-0.2, 0) is 9.53 Å². The third kappa shape index (κ3) is 5.46. The molecule has 1 unspecified atom stereocenters. The number of likely N-dealkylation sites (tertiary alicyclic amines) is 1. The van der Waals surface area contributed by atoms with E-state index in [1.807, 2.05) is 25.7 Å². The lowest BCUT2D eigenvalue weighted by molar-refractivity contribution is -0.138. The summed E-state index contributed by atoms with van der Waals surface area (Å²) in [5.41, 5.74) is -0.318. The van der Waals surface area contributed by atoms with Crippen LogP contribution in [0.15, 0.2) is 0 Å². The van der Waals surface area contributed by atoms with Crippen LogP contribution in [0.25, 0.3) is 0 Å². The van der Waals surface area contributed by atoms with Gasteiger partial charge < -0.3 is 19.9 Å². The summed E-state index contributed by atoms with van der Waals surface area (Å²) in [7, 11) is 2.11. The lowest BCUT2D eigenvalue weighted by Crippen LogP contribution is -2.39. The molecule has 2 amide bonds. The molecule has 6 nitrogen and oxygen atoms in total. The van der Waals surface area contributed by atoms with Gasteiger partial charge in [-0.2, -0.15) is 0 Å². The fourth-order valence-electron chi connectivity index (χ4n) is 2.15. The quantitative estimate of drug-likeness (QED) is 0.750. The highest BCUT2D eigenvalue weighted by molar-refractivity contribution is 5.76. The third-order valence-electron chi connectivity index (χ3n) is 3.10. The van der Waals surface area contributed by atoms with E-state index in [0.29, 0.717) is 12.5 Å². The molecule has 1 N–H and O–H groups in total. The Kier molecular flexibility index (Phi) is 5.60. The first kappa shape index (κ1) is 15.8. The first-order chi connectivity index (χ1) is 8.83. The average molecular weight is 271 g/mol. The molecule has 110 valence electrons. The highest BCUT2D eigenvalue weighted by Gasteiger charge is 2.31. The molecule has 0 radical (unpaired) electrons. The van der Waals surface area contributed by atoms with E-state index in [0.717, 1.165) is 32.6 Å². The van der Waals surface area contributed by atoms with Crippen molar-refractivity contribution in [1.82, 2.24) is 15.1 Å². The molecular formula is C13H25N3O3. The molecule has 2 aliphatic rings. The minimum absolute atomic E-state index is 0.121. The number of amides is 2. The molecule has 0 spiro atoms. The molecule has 2 aliphatic heterocycles. The Bertz CT molecular complexity index is 315. The molecule has 6 heteroatoms. The van der Waals surface area contributed by atoms with E-state index in [1.165, 1.54) is 0 Å².